The zero-order chi connectivity index (χ0) is 16.7. The van der Waals surface area contributed by atoms with Crippen LogP contribution in [-0.4, -0.2) is 53.0 Å². The van der Waals surface area contributed by atoms with Gasteiger partial charge in [-0.3, -0.25) is 14.5 Å². The Balaban J connectivity index is 1.48. The van der Waals surface area contributed by atoms with Crippen molar-refractivity contribution in [1.29, 1.82) is 0 Å². The van der Waals surface area contributed by atoms with Crippen molar-refractivity contribution < 1.29 is 23.8 Å². The molecule has 5 aliphatic heterocycles. The predicted octanol–water partition coefficient (Wildman–Crippen LogP) is 1.61. The average molecular weight is 335 g/mol. The molecule has 0 unspecified atom stereocenters. The Hall–Kier alpha value is -1.14. The third-order valence-corrected chi connectivity index (χ3v) is 7.01. The fraction of sp³-hybridized carbons (Fsp3) is 0.889. The third-order valence-electron chi connectivity index (χ3n) is 7.01. The van der Waals surface area contributed by atoms with Crippen LogP contribution in [0, 0.1) is 11.8 Å². The zero-order valence-corrected chi connectivity index (χ0v) is 14.3. The van der Waals surface area contributed by atoms with Crippen LogP contribution in [0.4, 0.5) is 0 Å². The van der Waals surface area contributed by atoms with Crippen LogP contribution in [0.25, 0.3) is 0 Å². The first-order valence-corrected chi connectivity index (χ1v) is 9.32. The van der Waals surface area contributed by atoms with Gasteiger partial charge in [-0.05, 0) is 32.1 Å². The quantitative estimate of drug-likeness (QED) is 0.679. The highest BCUT2D eigenvalue weighted by molar-refractivity contribution is 5.75. The number of carbonyl (C=O) groups excluding carboxylic acids is 2. The summed E-state index contributed by atoms with van der Waals surface area (Å²) in [6, 6.07) is 0.188. The number of nitrogens with zero attached hydrogens (tertiary/aromatic N) is 1. The lowest BCUT2D eigenvalue weighted by Crippen LogP contribution is -2.62. The van der Waals surface area contributed by atoms with Crippen molar-refractivity contribution in [2.45, 2.75) is 81.9 Å². The van der Waals surface area contributed by atoms with E-state index >= 15 is 0 Å². The second-order valence-corrected chi connectivity index (χ2v) is 8.45. The summed E-state index contributed by atoms with van der Waals surface area (Å²) in [5.74, 6) is -0.264. The molecule has 5 heterocycles. The molecule has 5 fully saturated rings. The molecule has 5 rings (SSSR count). The lowest BCUT2D eigenvalue weighted by Gasteiger charge is -2.48. The van der Waals surface area contributed by atoms with Gasteiger partial charge in [-0.1, -0.05) is 13.8 Å². The monoisotopic (exact) mass is 335 g/mol. The largest absolute Gasteiger partial charge is 0.460 e. The molecule has 0 aromatic heterocycles. The Labute approximate surface area is 141 Å². The molecule has 24 heavy (non-hydrogen) atoms. The molecule has 2 bridgehead atoms. The van der Waals surface area contributed by atoms with Crippen LogP contribution in [0.5, 0.6) is 0 Å². The van der Waals surface area contributed by atoms with Gasteiger partial charge in [0.25, 0.3) is 0 Å². The smallest absolute Gasteiger partial charge is 0.309 e. The maximum Gasteiger partial charge on any atom is 0.309 e. The summed E-state index contributed by atoms with van der Waals surface area (Å²) in [6.45, 7) is 4.75. The molecule has 0 N–H and O–H groups in total. The van der Waals surface area contributed by atoms with Crippen molar-refractivity contribution in [3.05, 3.63) is 0 Å². The van der Waals surface area contributed by atoms with Gasteiger partial charge < -0.3 is 14.2 Å². The van der Waals surface area contributed by atoms with E-state index in [4.69, 9.17) is 14.2 Å². The lowest BCUT2D eigenvalue weighted by atomic mass is 9.78. The third kappa shape index (κ3) is 1.74. The summed E-state index contributed by atoms with van der Waals surface area (Å²) in [5.41, 5.74) is -1.02. The zero-order valence-electron chi connectivity index (χ0n) is 14.3. The Morgan fingerprint density at radius 3 is 2.58 bits per heavy atom. The Morgan fingerprint density at radius 1 is 1.08 bits per heavy atom. The topological polar surface area (TPSA) is 65.1 Å². The van der Waals surface area contributed by atoms with E-state index in [0.717, 1.165) is 45.1 Å². The molecule has 0 aromatic rings. The minimum atomic E-state index is -0.514. The number of hydrogen-bond donors (Lipinski definition) is 0. The minimum absolute atomic E-state index is 0.0206. The molecule has 0 aliphatic carbocycles. The molecule has 132 valence electrons. The number of hydrogen-bond acceptors (Lipinski definition) is 6. The first-order valence-electron chi connectivity index (χ1n) is 9.32. The van der Waals surface area contributed by atoms with Crippen LogP contribution in [0.3, 0.4) is 0 Å². The van der Waals surface area contributed by atoms with Crippen LogP contribution in [0.1, 0.15) is 52.4 Å². The van der Waals surface area contributed by atoms with Gasteiger partial charge in [0.2, 0.25) is 0 Å². The van der Waals surface area contributed by atoms with E-state index in [-0.39, 0.29) is 42.0 Å². The Bertz CT molecular complexity index is 608. The molecule has 0 aromatic carbocycles. The van der Waals surface area contributed by atoms with Crippen LogP contribution < -0.4 is 0 Å². The van der Waals surface area contributed by atoms with Gasteiger partial charge in [-0.25, -0.2) is 0 Å². The minimum Gasteiger partial charge on any atom is -0.460 e. The molecule has 6 nitrogen and oxygen atoms in total. The summed E-state index contributed by atoms with van der Waals surface area (Å²) in [6.07, 6.45) is 5.29. The Morgan fingerprint density at radius 2 is 1.92 bits per heavy atom. The maximum absolute atomic E-state index is 12.2. The van der Waals surface area contributed by atoms with Gasteiger partial charge in [0.15, 0.2) is 11.3 Å². The van der Waals surface area contributed by atoms with E-state index in [1.165, 1.54) is 0 Å². The van der Waals surface area contributed by atoms with Gasteiger partial charge >= 0.3 is 11.9 Å². The van der Waals surface area contributed by atoms with Crippen LogP contribution in [0.2, 0.25) is 0 Å². The molecular weight excluding hydrogens is 310 g/mol. The molecule has 5 saturated heterocycles. The predicted molar refractivity (Wildman–Crippen MR) is 82.8 cm³/mol. The molecule has 7 atom stereocenters. The van der Waals surface area contributed by atoms with Crippen LogP contribution in [-0.2, 0) is 23.8 Å². The van der Waals surface area contributed by atoms with Crippen molar-refractivity contribution >= 4 is 11.9 Å². The molecule has 2 spiro atoms. The summed E-state index contributed by atoms with van der Waals surface area (Å²) in [4.78, 5) is 26.4. The highest BCUT2D eigenvalue weighted by Crippen LogP contribution is 2.59. The van der Waals surface area contributed by atoms with E-state index in [9.17, 15) is 9.59 Å². The van der Waals surface area contributed by atoms with Crippen molar-refractivity contribution in [3.63, 3.8) is 0 Å². The maximum atomic E-state index is 12.2. The van der Waals surface area contributed by atoms with Gasteiger partial charge in [0.05, 0.1) is 17.9 Å². The number of esters is 2. The normalized spacial score (nSPS) is 53.5. The van der Waals surface area contributed by atoms with E-state index < -0.39 is 11.3 Å². The average Bonchev–Trinajstić information content (AvgIpc) is 3.20. The standard InChI is InChI=1S/C18H25NO5/c1-10-7-14(22-15(10)20)13-4-6-18-17(8-11(2)16(21)24-17)5-3-12(23-18)9-19(13)18/h10-14H,3-9H2,1-2H3/t10-,11-,12+,13-,14+,17+,18-/m0/s1. The summed E-state index contributed by atoms with van der Waals surface area (Å²) < 4.78 is 18.1. The number of ether oxygens (including phenoxy) is 3. The molecule has 0 saturated carbocycles. The number of fused-ring (bicyclic) bond motifs is 1. The molecule has 0 radical (unpaired) electrons. The van der Waals surface area contributed by atoms with Crippen LogP contribution in [0.15, 0.2) is 0 Å². The summed E-state index contributed by atoms with van der Waals surface area (Å²) in [7, 11) is 0. The highest BCUT2D eigenvalue weighted by atomic mass is 16.6. The first-order chi connectivity index (χ1) is 11.4. The number of rotatable bonds is 1. The van der Waals surface area contributed by atoms with Crippen molar-refractivity contribution in [2.75, 3.05) is 6.54 Å². The first kappa shape index (κ1) is 15.1. The number of cyclic esters (lactones) is 1. The molecule has 6 heteroatoms. The van der Waals surface area contributed by atoms with Gasteiger partial charge in [-0.2, -0.15) is 0 Å². The van der Waals surface area contributed by atoms with E-state index in [1.807, 2.05) is 13.8 Å². The van der Waals surface area contributed by atoms with E-state index in [2.05, 4.69) is 4.90 Å². The second kappa shape index (κ2) is 4.73. The Kier molecular flexibility index (Phi) is 2.98. The van der Waals surface area contributed by atoms with Crippen molar-refractivity contribution in [1.82, 2.24) is 4.90 Å². The SMILES string of the molecule is C[C@H]1C[C@H]([C@@H]2CC[C@]34O[C@H](CC[C@@]35C[C@H](C)C(=O)O5)CN24)OC1=O. The van der Waals surface area contributed by atoms with Gasteiger partial charge in [0.1, 0.15) is 6.10 Å². The summed E-state index contributed by atoms with van der Waals surface area (Å²) >= 11 is 0. The van der Waals surface area contributed by atoms with E-state index in [0.29, 0.717) is 0 Å². The fourth-order valence-corrected chi connectivity index (χ4v) is 5.87. The molecule has 0 amide bonds. The second-order valence-electron chi connectivity index (χ2n) is 8.45. The molecular formula is C18H25NO5. The summed E-state index contributed by atoms with van der Waals surface area (Å²) in [5, 5.41) is 0. The van der Waals surface area contributed by atoms with Crippen molar-refractivity contribution in [3.8, 4) is 0 Å². The lowest BCUT2D eigenvalue weighted by molar-refractivity contribution is -0.246. The fourth-order valence-electron chi connectivity index (χ4n) is 5.87. The van der Waals surface area contributed by atoms with Gasteiger partial charge in [0, 0.05) is 19.0 Å². The van der Waals surface area contributed by atoms with Crippen molar-refractivity contribution in [2.24, 2.45) is 11.8 Å². The highest BCUT2D eigenvalue weighted by Gasteiger charge is 2.72. The van der Waals surface area contributed by atoms with Crippen LogP contribution >= 0.6 is 0 Å². The number of carbonyl (C=O) groups is 2. The van der Waals surface area contributed by atoms with Gasteiger partial charge in [-0.15, -0.1) is 0 Å². The van der Waals surface area contributed by atoms with E-state index in [1.54, 1.807) is 0 Å². The molecule has 5 aliphatic rings.